The van der Waals surface area contributed by atoms with Crippen molar-refractivity contribution in [3.63, 3.8) is 0 Å². The van der Waals surface area contributed by atoms with Gasteiger partial charge in [-0.2, -0.15) is 13.2 Å². The molecule has 4 rings (SSSR count). The topological polar surface area (TPSA) is 84.5 Å². The molecule has 9 heteroatoms. The second kappa shape index (κ2) is 10.9. The van der Waals surface area contributed by atoms with E-state index in [4.69, 9.17) is 4.74 Å². The number of amides is 2. The molecule has 0 spiro atoms. The van der Waals surface area contributed by atoms with E-state index < -0.39 is 23.7 Å². The standard InChI is InChI=1S/C28H25F3N2O4/c1-37-26(35)24-7-3-6-23(24)25(34)19-10-8-17(9-11-19)18-12-14-21(15-13-18)32-27(36)33-22-5-2-4-20(16-22)28(29,30)31/h2,4-5,8-16,23-24H,3,6-7H2,1H3,(H2,32,33,36)/t23-,24-/m1/s1. The Bertz CT molecular complexity index is 1290. The average Bonchev–Trinajstić information content (AvgIpc) is 3.38. The van der Waals surface area contributed by atoms with Crippen molar-refractivity contribution >= 4 is 29.2 Å². The van der Waals surface area contributed by atoms with E-state index >= 15 is 0 Å². The smallest absolute Gasteiger partial charge is 0.416 e. The molecule has 1 saturated carbocycles. The molecule has 37 heavy (non-hydrogen) atoms. The van der Waals surface area contributed by atoms with Gasteiger partial charge in [0.2, 0.25) is 0 Å². The number of rotatable bonds is 6. The van der Waals surface area contributed by atoms with Gasteiger partial charge in [0.15, 0.2) is 5.78 Å². The van der Waals surface area contributed by atoms with Crippen LogP contribution in [-0.2, 0) is 15.7 Å². The third kappa shape index (κ3) is 6.17. The molecule has 6 nitrogen and oxygen atoms in total. The summed E-state index contributed by atoms with van der Waals surface area (Å²) in [6.45, 7) is 0. The molecule has 0 aromatic heterocycles. The molecule has 1 aliphatic rings. The highest BCUT2D eigenvalue weighted by Crippen LogP contribution is 2.35. The number of ketones is 1. The molecule has 0 bridgehead atoms. The van der Waals surface area contributed by atoms with Crippen molar-refractivity contribution < 1.29 is 32.3 Å². The zero-order chi connectivity index (χ0) is 26.6. The Balaban J connectivity index is 1.38. The summed E-state index contributed by atoms with van der Waals surface area (Å²) >= 11 is 0. The van der Waals surface area contributed by atoms with Crippen LogP contribution in [0.4, 0.5) is 29.3 Å². The highest BCUT2D eigenvalue weighted by molar-refractivity contribution is 6.01. The zero-order valence-corrected chi connectivity index (χ0v) is 20.0. The van der Waals surface area contributed by atoms with Crippen molar-refractivity contribution in [3.05, 3.63) is 83.9 Å². The molecule has 3 aromatic rings. The number of anilines is 2. The lowest BCUT2D eigenvalue weighted by atomic mass is 9.88. The SMILES string of the molecule is COC(=O)[C@@H]1CCC[C@H]1C(=O)c1ccc(-c2ccc(NC(=O)Nc3cccc(C(F)(F)F)c3)cc2)cc1. The predicted octanol–water partition coefficient (Wildman–Crippen LogP) is 6.79. The Morgan fingerprint density at radius 2 is 1.41 bits per heavy atom. The van der Waals surface area contributed by atoms with Crippen LogP contribution in [0, 0.1) is 11.8 Å². The summed E-state index contributed by atoms with van der Waals surface area (Å²) in [7, 11) is 1.33. The van der Waals surface area contributed by atoms with Crippen LogP contribution in [-0.4, -0.2) is 24.9 Å². The number of carbonyl (C=O) groups excluding carboxylic acids is 3. The Labute approximate surface area is 211 Å². The van der Waals surface area contributed by atoms with Crippen LogP contribution >= 0.6 is 0 Å². The van der Waals surface area contributed by atoms with Gasteiger partial charge in [-0.25, -0.2) is 4.79 Å². The van der Waals surface area contributed by atoms with E-state index in [1.165, 1.54) is 19.2 Å². The van der Waals surface area contributed by atoms with E-state index in [1.54, 1.807) is 36.4 Å². The lowest BCUT2D eigenvalue weighted by Crippen LogP contribution is -2.26. The Morgan fingerprint density at radius 3 is 2.03 bits per heavy atom. The normalized spacial score (nSPS) is 17.2. The average molecular weight is 511 g/mol. The number of methoxy groups -OCH3 is 1. The van der Waals surface area contributed by atoms with E-state index in [0.717, 1.165) is 29.7 Å². The summed E-state index contributed by atoms with van der Waals surface area (Å²) in [6, 6.07) is 17.7. The monoisotopic (exact) mass is 510 g/mol. The molecule has 2 amide bonds. The fourth-order valence-corrected chi connectivity index (χ4v) is 4.56. The number of hydrogen-bond acceptors (Lipinski definition) is 4. The predicted molar refractivity (Wildman–Crippen MR) is 133 cm³/mol. The number of ether oxygens (including phenoxy) is 1. The lowest BCUT2D eigenvalue weighted by Gasteiger charge is -2.16. The number of alkyl halides is 3. The third-order valence-corrected chi connectivity index (χ3v) is 6.45. The van der Waals surface area contributed by atoms with Gasteiger partial charge in [-0.3, -0.25) is 9.59 Å². The van der Waals surface area contributed by atoms with Gasteiger partial charge in [-0.15, -0.1) is 0 Å². The number of esters is 1. The third-order valence-electron chi connectivity index (χ3n) is 6.45. The molecule has 1 fully saturated rings. The number of carbonyl (C=O) groups is 3. The molecule has 192 valence electrons. The van der Waals surface area contributed by atoms with Gasteiger partial charge in [0.05, 0.1) is 18.6 Å². The summed E-state index contributed by atoms with van der Waals surface area (Å²) in [5, 5.41) is 4.98. The number of Topliss-reactive ketones (excluding diaryl/α,β-unsaturated/α-hetero) is 1. The fourth-order valence-electron chi connectivity index (χ4n) is 4.56. The maximum absolute atomic E-state index is 13.0. The minimum Gasteiger partial charge on any atom is -0.469 e. The highest BCUT2D eigenvalue weighted by Gasteiger charge is 2.38. The first kappa shape index (κ1) is 25.9. The quantitative estimate of drug-likeness (QED) is 0.283. The van der Waals surface area contributed by atoms with Crippen molar-refractivity contribution in [2.45, 2.75) is 25.4 Å². The molecule has 0 radical (unpaired) electrons. The molecule has 0 saturated heterocycles. The Morgan fingerprint density at radius 1 is 0.811 bits per heavy atom. The molecule has 1 aliphatic carbocycles. The molecule has 0 aliphatic heterocycles. The maximum atomic E-state index is 13.0. The summed E-state index contributed by atoms with van der Waals surface area (Å²) in [4.78, 5) is 37.2. The minimum absolute atomic E-state index is 0.0223. The second-order valence-electron chi connectivity index (χ2n) is 8.84. The van der Waals surface area contributed by atoms with Gasteiger partial charge in [-0.1, -0.05) is 48.9 Å². The summed E-state index contributed by atoms with van der Waals surface area (Å²) in [6.07, 6.45) is -2.38. The molecule has 0 heterocycles. The number of hydrogen-bond donors (Lipinski definition) is 2. The van der Waals surface area contributed by atoms with Crippen molar-refractivity contribution in [1.29, 1.82) is 0 Å². The van der Waals surface area contributed by atoms with Crippen LogP contribution in [0.1, 0.15) is 35.2 Å². The second-order valence-corrected chi connectivity index (χ2v) is 8.84. The molecule has 2 N–H and O–H groups in total. The van der Waals surface area contributed by atoms with Gasteiger partial charge in [0.1, 0.15) is 0 Å². The van der Waals surface area contributed by atoms with Crippen LogP contribution in [0.2, 0.25) is 0 Å². The number of halogens is 3. The van der Waals surface area contributed by atoms with Crippen LogP contribution < -0.4 is 10.6 Å². The molecule has 0 unspecified atom stereocenters. The first-order valence-electron chi connectivity index (χ1n) is 11.7. The minimum atomic E-state index is -4.50. The van der Waals surface area contributed by atoms with Crippen LogP contribution in [0.25, 0.3) is 11.1 Å². The van der Waals surface area contributed by atoms with E-state index in [9.17, 15) is 27.6 Å². The maximum Gasteiger partial charge on any atom is 0.416 e. The highest BCUT2D eigenvalue weighted by atomic mass is 19.4. The van der Waals surface area contributed by atoms with Gasteiger partial charge >= 0.3 is 18.2 Å². The van der Waals surface area contributed by atoms with E-state index in [1.807, 2.05) is 12.1 Å². The number of nitrogens with one attached hydrogen (secondary N) is 2. The summed E-state index contributed by atoms with van der Waals surface area (Å²) < 4.78 is 43.4. The van der Waals surface area contributed by atoms with Gasteiger partial charge < -0.3 is 15.4 Å². The largest absolute Gasteiger partial charge is 0.469 e. The molecular weight excluding hydrogens is 485 g/mol. The van der Waals surface area contributed by atoms with Crippen molar-refractivity contribution in [2.24, 2.45) is 11.8 Å². The number of benzene rings is 3. The van der Waals surface area contributed by atoms with Crippen LogP contribution in [0.5, 0.6) is 0 Å². The van der Waals surface area contributed by atoms with E-state index in [2.05, 4.69) is 10.6 Å². The molecular formula is C28H25F3N2O4. The number of urea groups is 1. The Kier molecular flexibility index (Phi) is 7.61. The van der Waals surface area contributed by atoms with Gasteiger partial charge in [-0.05, 0) is 54.3 Å². The lowest BCUT2D eigenvalue weighted by molar-refractivity contribution is -0.146. The first-order chi connectivity index (χ1) is 17.7. The van der Waals surface area contributed by atoms with Crippen molar-refractivity contribution in [1.82, 2.24) is 0 Å². The van der Waals surface area contributed by atoms with Crippen LogP contribution in [0.3, 0.4) is 0 Å². The van der Waals surface area contributed by atoms with Crippen molar-refractivity contribution in [3.8, 4) is 11.1 Å². The summed E-state index contributed by atoms with van der Waals surface area (Å²) in [5.41, 5.74) is 1.86. The molecule has 3 aromatic carbocycles. The van der Waals surface area contributed by atoms with Gasteiger partial charge in [0, 0.05) is 22.9 Å². The zero-order valence-electron chi connectivity index (χ0n) is 20.0. The fraction of sp³-hybridized carbons (Fsp3) is 0.250. The van der Waals surface area contributed by atoms with Crippen molar-refractivity contribution in [2.75, 3.05) is 17.7 Å². The van der Waals surface area contributed by atoms with E-state index in [-0.39, 0.29) is 23.4 Å². The Hall–Kier alpha value is -4.14. The molecule has 2 atom stereocenters. The van der Waals surface area contributed by atoms with Gasteiger partial charge in [0.25, 0.3) is 0 Å². The summed E-state index contributed by atoms with van der Waals surface area (Å²) in [5.74, 6) is -1.18. The van der Waals surface area contributed by atoms with E-state index in [0.29, 0.717) is 24.1 Å². The first-order valence-corrected chi connectivity index (χ1v) is 11.7. The van der Waals surface area contributed by atoms with Crippen LogP contribution in [0.15, 0.2) is 72.8 Å².